The molecule has 0 N–H and O–H groups in total. The van der Waals surface area contributed by atoms with Gasteiger partial charge in [0, 0.05) is 5.33 Å². The van der Waals surface area contributed by atoms with Gasteiger partial charge in [-0.05, 0) is 40.7 Å². The topological polar surface area (TPSA) is 0 Å². The van der Waals surface area contributed by atoms with E-state index in [2.05, 4.69) is 81.7 Å². The molecule has 0 aromatic heterocycles. The molecular formula is C19H31Br. The van der Waals surface area contributed by atoms with Gasteiger partial charge in [-0.1, -0.05) is 88.2 Å². The first-order valence-corrected chi connectivity index (χ1v) is 8.94. The van der Waals surface area contributed by atoms with Crippen LogP contribution in [0.4, 0.5) is 0 Å². The van der Waals surface area contributed by atoms with Gasteiger partial charge in [-0.15, -0.1) is 0 Å². The van der Waals surface area contributed by atoms with Crippen LogP contribution in [-0.2, 0) is 5.33 Å². The van der Waals surface area contributed by atoms with Gasteiger partial charge in [-0.2, -0.15) is 0 Å². The molecule has 20 heavy (non-hydrogen) atoms. The van der Waals surface area contributed by atoms with Crippen molar-refractivity contribution >= 4 is 15.9 Å². The molecule has 114 valence electrons. The monoisotopic (exact) mass is 338 g/mol. The van der Waals surface area contributed by atoms with Crippen LogP contribution in [-0.4, -0.2) is 0 Å². The van der Waals surface area contributed by atoms with Crippen molar-refractivity contribution in [3.05, 3.63) is 35.4 Å². The molecule has 0 heterocycles. The molecule has 0 fully saturated rings. The van der Waals surface area contributed by atoms with Gasteiger partial charge in [-0.25, -0.2) is 0 Å². The summed E-state index contributed by atoms with van der Waals surface area (Å²) < 4.78 is 0. The molecule has 0 amide bonds. The highest BCUT2D eigenvalue weighted by atomic mass is 79.9. The van der Waals surface area contributed by atoms with E-state index in [1.807, 2.05) is 0 Å². The van der Waals surface area contributed by atoms with Crippen molar-refractivity contribution in [2.75, 3.05) is 0 Å². The summed E-state index contributed by atoms with van der Waals surface area (Å²) in [5.74, 6) is 0.661. The molecule has 1 atom stereocenters. The van der Waals surface area contributed by atoms with Crippen LogP contribution in [0.1, 0.15) is 77.8 Å². The fourth-order valence-electron chi connectivity index (χ4n) is 2.74. The van der Waals surface area contributed by atoms with E-state index < -0.39 is 0 Å². The van der Waals surface area contributed by atoms with Gasteiger partial charge in [0.25, 0.3) is 0 Å². The zero-order valence-electron chi connectivity index (χ0n) is 14.1. The molecule has 0 aliphatic rings. The Hall–Kier alpha value is -0.300. The number of halogens is 1. The number of benzene rings is 1. The van der Waals surface area contributed by atoms with Gasteiger partial charge in [-0.3, -0.25) is 0 Å². The highest BCUT2D eigenvalue weighted by molar-refractivity contribution is 9.08. The minimum atomic E-state index is 0.378. The Morgan fingerprint density at radius 1 is 0.950 bits per heavy atom. The minimum absolute atomic E-state index is 0.378. The second kappa shape index (κ2) is 7.11. The van der Waals surface area contributed by atoms with Gasteiger partial charge >= 0.3 is 0 Å². The van der Waals surface area contributed by atoms with Gasteiger partial charge in [0.1, 0.15) is 0 Å². The average molecular weight is 339 g/mol. The van der Waals surface area contributed by atoms with E-state index >= 15 is 0 Å². The quantitative estimate of drug-likeness (QED) is 0.493. The van der Waals surface area contributed by atoms with Crippen LogP contribution in [0.5, 0.6) is 0 Å². The smallest absolute Gasteiger partial charge is 0.0283 e. The Balaban J connectivity index is 2.96. The second-order valence-electron chi connectivity index (χ2n) is 8.06. The summed E-state index contributed by atoms with van der Waals surface area (Å²) in [5, 5.41) is 0.942. The van der Waals surface area contributed by atoms with Crippen LogP contribution in [0.2, 0.25) is 0 Å². The van der Waals surface area contributed by atoms with Gasteiger partial charge in [0.2, 0.25) is 0 Å². The maximum atomic E-state index is 3.53. The molecule has 0 aliphatic heterocycles. The van der Waals surface area contributed by atoms with Gasteiger partial charge < -0.3 is 0 Å². The molecule has 1 aromatic rings. The Bertz CT molecular complexity index is 395. The van der Waals surface area contributed by atoms with Crippen LogP contribution in [0.3, 0.4) is 0 Å². The molecule has 0 saturated heterocycles. The van der Waals surface area contributed by atoms with Crippen molar-refractivity contribution in [2.45, 2.75) is 72.1 Å². The molecule has 0 saturated carbocycles. The summed E-state index contributed by atoms with van der Waals surface area (Å²) in [5.41, 5.74) is 3.66. The fourth-order valence-corrected chi connectivity index (χ4v) is 3.11. The maximum absolute atomic E-state index is 3.53. The van der Waals surface area contributed by atoms with Gasteiger partial charge in [0.15, 0.2) is 0 Å². The number of hydrogen-bond acceptors (Lipinski definition) is 0. The lowest BCUT2D eigenvalue weighted by Gasteiger charge is -2.33. The van der Waals surface area contributed by atoms with Crippen LogP contribution in [0.25, 0.3) is 0 Å². The number of rotatable bonds is 6. The van der Waals surface area contributed by atoms with E-state index in [-0.39, 0.29) is 0 Å². The largest absolute Gasteiger partial charge is 0.0876 e. The van der Waals surface area contributed by atoms with E-state index in [0.717, 1.165) is 5.33 Å². The third kappa shape index (κ3) is 5.99. The van der Waals surface area contributed by atoms with Crippen molar-refractivity contribution in [1.29, 1.82) is 0 Å². The third-order valence-corrected chi connectivity index (χ3v) is 4.87. The van der Waals surface area contributed by atoms with Crippen molar-refractivity contribution in [3.63, 3.8) is 0 Å². The lowest BCUT2D eigenvalue weighted by atomic mass is 9.72. The first kappa shape index (κ1) is 17.8. The first-order chi connectivity index (χ1) is 9.17. The maximum Gasteiger partial charge on any atom is 0.0283 e. The standard InChI is InChI=1S/C19H31Br/c1-7-19(5,6)13-17(12-18(2,3)4)16-10-8-15(14-20)9-11-16/h8-11,17H,7,12-14H2,1-6H3. The molecule has 1 aromatic carbocycles. The molecule has 1 heteroatoms. The molecule has 0 bridgehead atoms. The van der Waals surface area contributed by atoms with Crippen molar-refractivity contribution in [1.82, 2.24) is 0 Å². The Morgan fingerprint density at radius 3 is 1.90 bits per heavy atom. The minimum Gasteiger partial charge on any atom is -0.0876 e. The predicted molar refractivity (Wildman–Crippen MR) is 94.6 cm³/mol. The number of hydrogen-bond donors (Lipinski definition) is 0. The van der Waals surface area contributed by atoms with Crippen LogP contribution < -0.4 is 0 Å². The van der Waals surface area contributed by atoms with E-state index in [1.165, 1.54) is 30.4 Å². The zero-order valence-corrected chi connectivity index (χ0v) is 15.7. The summed E-state index contributed by atoms with van der Waals surface area (Å²) in [6.45, 7) is 14.2. The molecule has 0 radical (unpaired) electrons. The summed E-state index contributed by atoms with van der Waals surface area (Å²) in [6, 6.07) is 9.19. The third-order valence-electron chi connectivity index (χ3n) is 4.22. The predicted octanol–water partition coefficient (Wildman–Crippen LogP) is 6.93. The Labute approximate surface area is 134 Å². The highest BCUT2D eigenvalue weighted by Crippen LogP contribution is 2.40. The summed E-state index contributed by atoms with van der Waals surface area (Å²) in [6.07, 6.45) is 3.77. The fraction of sp³-hybridized carbons (Fsp3) is 0.684. The highest BCUT2D eigenvalue weighted by Gasteiger charge is 2.26. The van der Waals surface area contributed by atoms with Crippen molar-refractivity contribution in [3.8, 4) is 0 Å². The second-order valence-corrected chi connectivity index (χ2v) is 8.62. The van der Waals surface area contributed by atoms with E-state index in [1.54, 1.807) is 0 Å². The van der Waals surface area contributed by atoms with E-state index in [4.69, 9.17) is 0 Å². The lowest BCUT2D eigenvalue weighted by molar-refractivity contribution is 0.245. The van der Waals surface area contributed by atoms with Crippen LogP contribution in [0.15, 0.2) is 24.3 Å². The molecule has 1 unspecified atom stereocenters. The van der Waals surface area contributed by atoms with E-state index in [9.17, 15) is 0 Å². The van der Waals surface area contributed by atoms with Crippen molar-refractivity contribution in [2.24, 2.45) is 10.8 Å². The Morgan fingerprint density at radius 2 is 1.50 bits per heavy atom. The molecule has 0 aliphatic carbocycles. The molecule has 1 rings (SSSR count). The van der Waals surface area contributed by atoms with E-state index in [0.29, 0.717) is 16.7 Å². The summed E-state index contributed by atoms with van der Waals surface area (Å²) in [4.78, 5) is 0. The summed E-state index contributed by atoms with van der Waals surface area (Å²) >= 11 is 3.53. The van der Waals surface area contributed by atoms with Crippen molar-refractivity contribution < 1.29 is 0 Å². The molecular weight excluding hydrogens is 308 g/mol. The molecule has 0 nitrogen and oxygen atoms in total. The number of alkyl halides is 1. The normalized spacial score (nSPS) is 14.3. The zero-order chi connectivity index (χ0) is 15.4. The SMILES string of the molecule is CCC(C)(C)CC(CC(C)(C)C)c1ccc(CBr)cc1. The lowest BCUT2D eigenvalue weighted by Crippen LogP contribution is -2.19. The van der Waals surface area contributed by atoms with Gasteiger partial charge in [0.05, 0.1) is 0 Å². The Kier molecular flexibility index (Phi) is 6.31. The first-order valence-electron chi connectivity index (χ1n) is 7.82. The summed E-state index contributed by atoms with van der Waals surface area (Å²) in [7, 11) is 0. The van der Waals surface area contributed by atoms with Crippen LogP contribution >= 0.6 is 15.9 Å². The van der Waals surface area contributed by atoms with Crippen LogP contribution in [0, 0.1) is 10.8 Å². The molecule has 0 spiro atoms. The average Bonchev–Trinajstić information content (AvgIpc) is 2.36.